The molecule has 0 N–H and O–H groups in total. The Morgan fingerprint density at radius 1 is 1.36 bits per heavy atom. The number of nitrogens with zero attached hydrogens (tertiary/aromatic N) is 5. The lowest BCUT2D eigenvalue weighted by atomic mass is 10.00. The summed E-state index contributed by atoms with van der Waals surface area (Å²) in [5, 5.41) is 7.92. The van der Waals surface area contributed by atoms with Crippen molar-refractivity contribution in [3.63, 3.8) is 0 Å². The number of likely N-dealkylation sites (tertiary alicyclic amines) is 1. The second-order valence-corrected chi connectivity index (χ2v) is 5.13. The normalized spacial score (nSPS) is 15.0. The van der Waals surface area contributed by atoms with E-state index in [4.69, 9.17) is 8.94 Å². The summed E-state index contributed by atoms with van der Waals surface area (Å²) in [5.74, 6) is 1.65. The van der Waals surface area contributed by atoms with Crippen molar-refractivity contribution in [1.82, 2.24) is 24.8 Å². The Balaban J connectivity index is 1.36. The van der Waals surface area contributed by atoms with Crippen LogP contribution in [0.25, 0.3) is 11.6 Å². The zero-order valence-electron chi connectivity index (χ0n) is 11.6. The standard InChI is InChI=1S/C14H13N5O3/c20-12(9-19-5-2-4-15-19)18-7-10(8-18)14-16-13(17-22-14)11-3-1-6-21-11/h1-6,10H,7-9H2. The maximum atomic E-state index is 12.0. The van der Waals surface area contributed by atoms with Gasteiger partial charge in [-0.15, -0.1) is 0 Å². The topological polar surface area (TPSA) is 90.2 Å². The summed E-state index contributed by atoms with van der Waals surface area (Å²) in [6.45, 7) is 1.42. The van der Waals surface area contributed by atoms with E-state index in [9.17, 15) is 4.79 Å². The van der Waals surface area contributed by atoms with Crippen molar-refractivity contribution in [3.05, 3.63) is 42.7 Å². The Morgan fingerprint density at radius 2 is 2.27 bits per heavy atom. The molecule has 1 saturated heterocycles. The predicted octanol–water partition coefficient (Wildman–Crippen LogP) is 1.15. The van der Waals surface area contributed by atoms with E-state index < -0.39 is 0 Å². The maximum absolute atomic E-state index is 12.0. The van der Waals surface area contributed by atoms with Gasteiger partial charge in [-0.25, -0.2) is 0 Å². The van der Waals surface area contributed by atoms with Crippen molar-refractivity contribution in [2.24, 2.45) is 0 Å². The Bertz CT molecular complexity index is 756. The first-order valence-corrected chi connectivity index (χ1v) is 6.92. The summed E-state index contributed by atoms with van der Waals surface area (Å²) in [6.07, 6.45) is 4.98. The number of aromatic nitrogens is 4. The third-order valence-electron chi connectivity index (χ3n) is 3.62. The largest absolute Gasteiger partial charge is 0.461 e. The van der Waals surface area contributed by atoms with Crippen LogP contribution in [0, 0.1) is 0 Å². The van der Waals surface area contributed by atoms with Gasteiger partial charge in [0, 0.05) is 25.5 Å². The van der Waals surface area contributed by atoms with Crippen molar-refractivity contribution < 1.29 is 13.7 Å². The summed E-state index contributed by atoms with van der Waals surface area (Å²) in [4.78, 5) is 18.1. The lowest BCUT2D eigenvalue weighted by Crippen LogP contribution is -2.49. The molecule has 0 spiro atoms. The van der Waals surface area contributed by atoms with Gasteiger partial charge in [-0.1, -0.05) is 5.16 Å². The monoisotopic (exact) mass is 299 g/mol. The number of rotatable bonds is 4. The number of hydrogen-bond donors (Lipinski definition) is 0. The molecule has 1 amide bonds. The molecule has 112 valence electrons. The minimum absolute atomic E-state index is 0.0331. The number of furan rings is 1. The lowest BCUT2D eigenvalue weighted by molar-refractivity contribution is -0.136. The molecule has 0 unspecified atom stereocenters. The zero-order valence-corrected chi connectivity index (χ0v) is 11.6. The Hall–Kier alpha value is -2.90. The maximum Gasteiger partial charge on any atom is 0.244 e. The number of carbonyl (C=O) groups is 1. The van der Waals surface area contributed by atoms with Gasteiger partial charge < -0.3 is 13.8 Å². The van der Waals surface area contributed by atoms with E-state index in [1.807, 2.05) is 0 Å². The predicted molar refractivity (Wildman–Crippen MR) is 73.5 cm³/mol. The second kappa shape index (κ2) is 5.14. The molecule has 4 heterocycles. The van der Waals surface area contributed by atoms with Crippen LogP contribution in [0.5, 0.6) is 0 Å². The molecule has 8 nitrogen and oxygen atoms in total. The molecule has 4 rings (SSSR count). The van der Waals surface area contributed by atoms with Crippen molar-refractivity contribution in [1.29, 1.82) is 0 Å². The highest BCUT2D eigenvalue weighted by atomic mass is 16.5. The molecule has 3 aromatic rings. The molecule has 22 heavy (non-hydrogen) atoms. The molecule has 0 aliphatic carbocycles. The minimum atomic E-state index is 0.0331. The van der Waals surface area contributed by atoms with Crippen molar-refractivity contribution >= 4 is 5.91 Å². The molecule has 0 saturated carbocycles. The summed E-state index contributed by atoms with van der Waals surface area (Å²) in [7, 11) is 0. The molecule has 1 fully saturated rings. The van der Waals surface area contributed by atoms with Crippen LogP contribution in [0.4, 0.5) is 0 Å². The summed E-state index contributed by atoms with van der Waals surface area (Å²) >= 11 is 0. The molecule has 0 radical (unpaired) electrons. The van der Waals surface area contributed by atoms with Crippen LogP contribution in [0.15, 0.2) is 45.8 Å². The quantitative estimate of drug-likeness (QED) is 0.718. The summed E-state index contributed by atoms with van der Waals surface area (Å²) in [6, 6.07) is 5.33. The molecule has 0 aromatic carbocycles. The van der Waals surface area contributed by atoms with Gasteiger partial charge in [0.05, 0.1) is 12.2 Å². The van der Waals surface area contributed by atoms with E-state index in [1.165, 1.54) is 0 Å². The van der Waals surface area contributed by atoms with Gasteiger partial charge in [0.25, 0.3) is 0 Å². The van der Waals surface area contributed by atoms with Gasteiger partial charge in [-0.05, 0) is 18.2 Å². The van der Waals surface area contributed by atoms with Crippen LogP contribution >= 0.6 is 0 Å². The van der Waals surface area contributed by atoms with Crippen LogP contribution in [-0.2, 0) is 11.3 Å². The fourth-order valence-corrected chi connectivity index (χ4v) is 2.38. The van der Waals surface area contributed by atoms with Gasteiger partial charge in [-0.2, -0.15) is 10.1 Å². The molecule has 0 bridgehead atoms. The van der Waals surface area contributed by atoms with Crippen molar-refractivity contribution in [3.8, 4) is 11.6 Å². The minimum Gasteiger partial charge on any atom is -0.461 e. The van der Waals surface area contributed by atoms with Gasteiger partial charge >= 0.3 is 0 Å². The first kappa shape index (κ1) is 12.8. The Kier molecular flexibility index (Phi) is 2.99. The highest BCUT2D eigenvalue weighted by Crippen LogP contribution is 2.27. The molecule has 8 heteroatoms. The molecule has 3 aromatic heterocycles. The molecule has 1 aliphatic rings. The highest BCUT2D eigenvalue weighted by molar-refractivity contribution is 5.77. The van der Waals surface area contributed by atoms with Crippen LogP contribution in [0.2, 0.25) is 0 Å². The van der Waals surface area contributed by atoms with E-state index in [0.29, 0.717) is 30.6 Å². The van der Waals surface area contributed by atoms with Crippen molar-refractivity contribution in [2.75, 3.05) is 13.1 Å². The molecular formula is C14H13N5O3. The lowest BCUT2D eigenvalue weighted by Gasteiger charge is -2.37. The van der Waals surface area contributed by atoms with Gasteiger partial charge in [-0.3, -0.25) is 9.48 Å². The van der Waals surface area contributed by atoms with E-state index >= 15 is 0 Å². The third-order valence-corrected chi connectivity index (χ3v) is 3.62. The first-order valence-electron chi connectivity index (χ1n) is 6.92. The zero-order chi connectivity index (χ0) is 14.9. The van der Waals surface area contributed by atoms with Crippen LogP contribution in [0.1, 0.15) is 11.8 Å². The fraction of sp³-hybridized carbons (Fsp3) is 0.286. The summed E-state index contributed by atoms with van der Waals surface area (Å²) in [5.41, 5.74) is 0. The average Bonchev–Trinajstić information content (AvgIpc) is 3.19. The van der Waals surface area contributed by atoms with Gasteiger partial charge in [0.1, 0.15) is 6.54 Å². The highest BCUT2D eigenvalue weighted by Gasteiger charge is 2.35. The fourth-order valence-electron chi connectivity index (χ4n) is 2.38. The second-order valence-electron chi connectivity index (χ2n) is 5.13. The molecule has 0 atom stereocenters. The van der Waals surface area contributed by atoms with E-state index in [2.05, 4.69) is 15.2 Å². The summed E-state index contributed by atoms with van der Waals surface area (Å²) < 4.78 is 12.1. The van der Waals surface area contributed by atoms with Crippen LogP contribution in [-0.4, -0.2) is 43.8 Å². The smallest absolute Gasteiger partial charge is 0.244 e. The van der Waals surface area contributed by atoms with Gasteiger partial charge in [0.2, 0.25) is 17.6 Å². The van der Waals surface area contributed by atoms with E-state index in [1.54, 1.807) is 46.4 Å². The van der Waals surface area contributed by atoms with Crippen molar-refractivity contribution in [2.45, 2.75) is 12.5 Å². The number of hydrogen-bond acceptors (Lipinski definition) is 6. The number of amides is 1. The third kappa shape index (κ3) is 2.28. The first-order chi connectivity index (χ1) is 10.8. The Labute approximate surface area is 125 Å². The molecule has 1 aliphatic heterocycles. The van der Waals surface area contributed by atoms with E-state index in [0.717, 1.165) is 0 Å². The Morgan fingerprint density at radius 3 is 3.00 bits per heavy atom. The van der Waals surface area contributed by atoms with E-state index in [-0.39, 0.29) is 18.4 Å². The molecular weight excluding hydrogens is 286 g/mol. The number of carbonyl (C=O) groups excluding carboxylic acids is 1. The average molecular weight is 299 g/mol. The SMILES string of the molecule is O=C(Cn1cccn1)N1CC(c2nc(-c3ccco3)no2)C1. The van der Waals surface area contributed by atoms with Crippen LogP contribution in [0.3, 0.4) is 0 Å². The van der Waals surface area contributed by atoms with Crippen LogP contribution < -0.4 is 0 Å². The van der Waals surface area contributed by atoms with Gasteiger partial charge in [0.15, 0.2) is 5.76 Å².